The molecule has 0 spiro atoms. The SMILES string of the molecule is CC(F)(F)C(C)(O)CN. The Kier molecular flexibility index (Phi) is 2.14. The van der Waals surface area contributed by atoms with E-state index < -0.39 is 18.1 Å². The molecule has 2 nitrogen and oxygen atoms in total. The first-order valence-electron chi connectivity index (χ1n) is 2.61. The van der Waals surface area contributed by atoms with Crippen molar-refractivity contribution < 1.29 is 13.9 Å². The minimum atomic E-state index is -3.12. The van der Waals surface area contributed by atoms with Crippen LogP contribution in [0.4, 0.5) is 8.78 Å². The van der Waals surface area contributed by atoms with Gasteiger partial charge in [-0.15, -0.1) is 0 Å². The highest BCUT2D eigenvalue weighted by Crippen LogP contribution is 2.26. The largest absolute Gasteiger partial charge is 0.383 e. The second kappa shape index (κ2) is 2.19. The molecule has 1 unspecified atom stereocenters. The number of hydrogen-bond donors (Lipinski definition) is 2. The van der Waals surface area contributed by atoms with Gasteiger partial charge in [-0.3, -0.25) is 0 Å². The fraction of sp³-hybridized carbons (Fsp3) is 1.00. The van der Waals surface area contributed by atoms with Crippen molar-refractivity contribution in [1.29, 1.82) is 0 Å². The van der Waals surface area contributed by atoms with E-state index in [4.69, 9.17) is 10.8 Å². The minimum absolute atomic E-state index is 0.434. The number of halogens is 2. The van der Waals surface area contributed by atoms with Gasteiger partial charge in [-0.25, -0.2) is 8.78 Å². The van der Waals surface area contributed by atoms with Gasteiger partial charge in [-0.2, -0.15) is 0 Å². The summed E-state index contributed by atoms with van der Waals surface area (Å²) in [5.74, 6) is -3.12. The molecule has 56 valence electrons. The average molecular weight is 139 g/mol. The fourth-order valence-electron chi connectivity index (χ4n) is 0.179. The van der Waals surface area contributed by atoms with Crippen LogP contribution in [0.15, 0.2) is 0 Å². The van der Waals surface area contributed by atoms with Crippen LogP contribution in [-0.4, -0.2) is 23.2 Å². The van der Waals surface area contributed by atoms with Gasteiger partial charge < -0.3 is 10.8 Å². The number of nitrogens with two attached hydrogens (primary N) is 1. The molecule has 0 aliphatic carbocycles. The predicted octanol–water partition coefficient (Wildman–Crippen LogP) is 0.351. The third-order valence-corrected chi connectivity index (χ3v) is 1.34. The van der Waals surface area contributed by atoms with Crippen LogP contribution in [0.1, 0.15) is 13.8 Å². The van der Waals surface area contributed by atoms with Gasteiger partial charge in [-0.05, 0) is 6.92 Å². The summed E-state index contributed by atoms with van der Waals surface area (Å²) in [6.07, 6.45) is 0. The molecular weight excluding hydrogens is 128 g/mol. The van der Waals surface area contributed by atoms with E-state index in [2.05, 4.69) is 0 Å². The van der Waals surface area contributed by atoms with Crippen LogP contribution in [0, 0.1) is 0 Å². The van der Waals surface area contributed by atoms with Crippen LogP contribution in [0.2, 0.25) is 0 Å². The zero-order valence-electron chi connectivity index (χ0n) is 5.49. The van der Waals surface area contributed by atoms with Crippen LogP contribution >= 0.6 is 0 Å². The van der Waals surface area contributed by atoms with Crippen molar-refractivity contribution in [2.24, 2.45) is 5.73 Å². The zero-order chi connectivity index (χ0) is 7.71. The van der Waals surface area contributed by atoms with Crippen molar-refractivity contribution in [2.75, 3.05) is 6.54 Å². The third-order valence-electron chi connectivity index (χ3n) is 1.34. The number of rotatable bonds is 2. The minimum Gasteiger partial charge on any atom is -0.383 e. The molecule has 0 rings (SSSR count). The van der Waals surface area contributed by atoms with Gasteiger partial charge in [0.05, 0.1) is 0 Å². The molecule has 4 heteroatoms. The average Bonchev–Trinajstić information content (AvgIpc) is 1.64. The second-order valence-corrected chi connectivity index (χ2v) is 2.37. The molecule has 0 heterocycles. The van der Waals surface area contributed by atoms with Crippen molar-refractivity contribution in [1.82, 2.24) is 0 Å². The van der Waals surface area contributed by atoms with Crippen LogP contribution < -0.4 is 5.73 Å². The summed E-state index contributed by atoms with van der Waals surface area (Å²) in [4.78, 5) is 0. The van der Waals surface area contributed by atoms with Gasteiger partial charge in [0.2, 0.25) is 0 Å². The van der Waals surface area contributed by atoms with Crippen LogP contribution in [0.3, 0.4) is 0 Å². The lowest BCUT2D eigenvalue weighted by Crippen LogP contribution is -2.49. The summed E-state index contributed by atoms with van der Waals surface area (Å²) in [6.45, 7) is 1.21. The molecule has 9 heavy (non-hydrogen) atoms. The van der Waals surface area contributed by atoms with Gasteiger partial charge in [0.15, 0.2) is 0 Å². The quantitative estimate of drug-likeness (QED) is 0.580. The van der Waals surface area contributed by atoms with Gasteiger partial charge in [0, 0.05) is 13.5 Å². The summed E-state index contributed by atoms with van der Waals surface area (Å²) in [7, 11) is 0. The molecule has 0 saturated heterocycles. The summed E-state index contributed by atoms with van der Waals surface area (Å²) in [6, 6.07) is 0. The molecule has 0 aliphatic rings. The summed E-state index contributed by atoms with van der Waals surface area (Å²) >= 11 is 0. The molecule has 0 saturated carbocycles. The maximum Gasteiger partial charge on any atom is 0.274 e. The molecule has 3 N–H and O–H groups in total. The summed E-state index contributed by atoms with van der Waals surface area (Å²) in [5.41, 5.74) is 2.79. The van der Waals surface area contributed by atoms with E-state index in [-0.39, 0.29) is 0 Å². The van der Waals surface area contributed by atoms with E-state index in [0.29, 0.717) is 6.92 Å². The van der Waals surface area contributed by atoms with E-state index in [9.17, 15) is 8.78 Å². The van der Waals surface area contributed by atoms with Crippen molar-refractivity contribution in [3.8, 4) is 0 Å². The van der Waals surface area contributed by atoms with Crippen LogP contribution in [0.5, 0.6) is 0 Å². The lowest BCUT2D eigenvalue weighted by Gasteiger charge is -2.27. The highest BCUT2D eigenvalue weighted by Gasteiger charge is 2.43. The lowest BCUT2D eigenvalue weighted by molar-refractivity contribution is -0.152. The molecule has 0 fully saturated rings. The van der Waals surface area contributed by atoms with Gasteiger partial charge in [0.1, 0.15) is 5.60 Å². The molecule has 0 amide bonds. The van der Waals surface area contributed by atoms with Gasteiger partial charge in [-0.1, -0.05) is 0 Å². The van der Waals surface area contributed by atoms with Crippen molar-refractivity contribution in [2.45, 2.75) is 25.4 Å². The topological polar surface area (TPSA) is 46.2 Å². The first-order valence-corrected chi connectivity index (χ1v) is 2.61. The molecule has 0 aromatic heterocycles. The first-order chi connectivity index (χ1) is 3.81. The Morgan fingerprint density at radius 3 is 1.78 bits per heavy atom. The highest BCUT2D eigenvalue weighted by atomic mass is 19.3. The fourth-order valence-corrected chi connectivity index (χ4v) is 0.179. The van der Waals surface area contributed by atoms with Crippen molar-refractivity contribution >= 4 is 0 Å². The summed E-state index contributed by atoms with van der Waals surface area (Å²) < 4.78 is 24.3. The number of alkyl halides is 2. The molecule has 0 aromatic rings. The van der Waals surface area contributed by atoms with Gasteiger partial charge in [0.25, 0.3) is 5.92 Å². The van der Waals surface area contributed by atoms with Crippen LogP contribution in [-0.2, 0) is 0 Å². The maximum atomic E-state index is 12.2. The van der Waals surface area contributed by atoms with E-state index in [0.717, 1.165) is 6.92 Å². The Balaban J connectivity index is 4.14. The molecule has 1 atom stereocenters. The van der Waals surface area contributed by atoms with Crippen LogP contribution in [0.25, 0.3) is 0 Å². The van der Waals surface area contributed by atoms with Crippen molar-refractivity contribution in [3.05, 3.63) is 0 Å². The Morgan fingerprint density at radius 2 is 1.78 bits per heavy atom. The van der Waals surface area contributed by atoms with Crippen molar-refractivity contribution in [3.63, 3.8) is 0 Å². The Labute approximate surface area is 52.7 Å². The lowest BCUT2D eigenvalue weighted by atomic mass is 10.0. The number of aliphatic hydroxyl groups is 1. The smallest absolute Gasteiger partial charge is 0.274 e. The molecule has 0 aliphatic heterocycles. The standard InChI is InChI=1S/C5H11F2NO/c1-4(9,3-8)5(2,6)7/h9H,3,8H2,1-2H3. The molecule has 0 bridgehead atoms. The second-order valence-electron chi connectivity index (χ2n) is 2.37. The monoisotopic (exact) mass is 139 g/mol. The first kappa shape index (κ1) is 8.78. The molecule has 0 radical (unpaired) electrons. The highest BCUT2D eigenvalue weighted by molar-refractivity contribution is 4.85. The Bertz CT molecular complexity index is 97.6. The maximum absolute atomic E-state index is 12.2. The molecular formula is C5H11F2NO. The summed E-state index contributed by atoms with van der Waals surface area (Å²) in [5, 5.41) is 8.78. The number of hydrogen-bond acceptors (Lipinski definition) is 2. The third kappa shape index (κ3) is 1.87. The van der Waals surface area contributed by atoms with E-state index in [1.807, 2.05) is 0 Å². The normalized spacial score (nSPS) is 19.3. The Hall–Kier alpha value is -0.220. The zero-order valence-corrected chi connectivity index (χ0v) is 5.49. The van der Waals surface area contributed by atoms with E-state index in [1.54, 1.807) is 0 Å². The van der Waals surface area contributed by atoms with E-state index >= 15 is 0 Å². The molecule has 0 aromatic carbocycles. The van der Waals surface area contributed by atoms with Gasteiger partial charge >= 0.3 is 0 Å². The Morgan fingerprint density at radius 1 is 1.44 bits per heavy atom. The predicted molar refractivity (Wildman–Crippen MR) is 30.3 cm³/mol. The van der Waals surface area contributed by atoms with E-state index in [1.165, 1.54) is 0 Å².